The first kappa shape index (κ1) is 15.2. The fourth-order valence-corrected chi connectivity index (χ4v) is 2.04. The average Bonchev–Trinajstić information content (AvgIpc) is 2.37. The van der Waals surface area contributed by atoms with Crippen LogP contribution in [-0.4, -0.2) is 18.9 Å². The first-order chi connectivity index (χ1) is 8.79. The van der Waals surface area contributed by atoms with E-state index in [0.717, 1.165) is 22.3 Å². The van der Waals surface area contributed by atoms with Gasteiger partial charge in [0.15, 0.2) is 5.78 Å². The number of Topliss-reactive ketones (excluding diaryl/α,β-unsaturated/α-hetero) is 1. The smallest absolute Gasteiger partial charge is 0.333 e. The Bertz CT molecular complexity index is 566. The Balaban J connectivity index is 3.45. The van der Waals surface area contributed by atoms with Crippen molar-refractivity contribution < 1.29 is 14.3 Å². The van der Waals surface area contributed by atoms with E-state index in [9.17, 15) is 9.59 Å². The third kappa shape index (κ3) is 3.11. The third-order valence-electron chi connectivity index (χ3n) is 3.52. The number of rotatable bonds is 3. The molecular weight excluding hydrogens is 240 g/mol. The summed E-state index contributed by atoms with van der Waals surface area (Å²) in [5.41, 5.74) is 5.26. The quantitative estimate of drug-likeness (QED) is 0.475. The van der Waals surface area contributed by atoms with E-state index in [4.69, 9.17) is 0 Å². The zero-order valence-electron chi connectivity index (χ0n) is 12.4. The maximum atomic E-state index is 11.6. The highest BCUT2D eigenvalue weighted by atomic mass is 16.5. The van der Waals surface area contributed by atoms with Crippen LogP contribution in [0.15, 0.2) is 11.6 Å². The van der Waals surface area contributed by atoms with Gasteiger partial charge in [-0.05, 0) is 69.0 Å². The van der Waals surface area contributed by atoms with Crippen LogP contribution in [0.5, 0.6) is 0 Å². The van der Waals surface area contributed by atoms with Gasteiger partial charge in [0, 0.05) is 11.1 Å². The Morgan fingerprint density at radius 1 is 1.05 bits per heavy atom. The number of carbonyl (C=O) groups excluding carboxylic acids is 2. The summed E-state index contributed by atoms with van der Waals surface area (Å²) in [7, 11) is 1.36. The monoisotopic (exact) mass is 260 g/mol. The van der Waals surface area contributed by atoms with Gasteiger partial charge in [-0.3, -0.25) is 4.79 Å². The molecule has 0 atom stereocenters. The Morgan fingerprint density at radius 2 is 1.63 bits per heavy atom. The van der Waals surface area contributed by atoms with Crippen LogP contribution in [0.4, 0.5) is 0 Å². The highest BCUT2D eigenvalue weighted by Gasteiger charge is 2.12. The van der Waals surface area contributed by atoms with Crippen molar-refractivity contribution >= 4 is 17.8 Å². The lowest BCUT2D eigenvalue weighted by Gasteiger charge is -2.13. The topological polar surface area (TPSA) is 43.4 Å². The Hall–Kier alpha value is -1.90. The van der Waals surface area contributed by atoms with Gasteiger partial charge in [0.05, 0.1) is 7.11 Å². The van der Waals surface area contributed by atoms with E-state index in [0.29, 0.717) is 11.1 Å². The molecule has 19 heavy (non-hydrogen) atoms. The van der Waals surface area contributed by atoms with E-state index < -0.39 is 0 Å². The van der Waals surface area contributed by atoms with Crippen LogP contribution >= 0.6 is 0 Å². The van der Waals surface area contributed by atoms with Gasteiger partial charge in [0.25, 0.3) is 0 Å². The maximum Gasteiger partial charge on any atom is 0.333 e. The molecule has 0 heterocycles. The molecule has 0 saturated heterocycles. The van der Waals surface area contributed by atoms with Crippen molar-refractivity contribution in [1.29, 1.82) is 0 Å². The van der Waals surface area contributed by atoms with Gasteiger partial charge in [-0.25, -0.2) is 4.79 Å². The Morgan fingerprint density at radius 3 is 2.11 bits per heavy atom. The minimum atomic E-state index is -0.359. The van der Waals surface area contributed by atoms with Gasteiger partial charge in [-0.1, -0.05) is 0 Å². The fraction of sp³-hybridized carbons (Fsp3) is 0.375. The van der Waals surface area contributed by atoms with Crippen molar-refractivity contribution in [2.45, 2.75) is 34.6 Å². The minimum absolute atomic E-state index is 0.0333. The zero-order valence-corrected chi connectivity index (χ0v) is 12.4. The summed E-state index contributed by atoms with van der Waals surface area (Å²) in [5, 5.41) is 0. The van der Waals surface area contributed by atoms with Gasteiger partial charge in [0.1, 0.15) is 0 Å². The Labute approximate surface area is 114 Å². The second kappa shape index (κ2) is 5.83. The van der Waals surface area contributed by atoms with Gasteiger partial charge < -0.3 is 4.74 Å². The van der Waals surface area contributed by atoms with E-state index in [2.05, 4.69) is 4.74 Å². The number of ether oxygens (including phenoxy) is 1. The molecule has 0 radical (unpaired) electrons. The van der Waals surface area contributed by atoms with Crippen LogP contribution in [0.2, 0.25) is 0 Å². The number of carbonyl (C=O) groups is 2. The lowest BCUT2D eigenvalue weighted by Crippen LogP contribution is -2.04. The number of hydrogen-bond donors (Lipinski definition) is 0. The van der Waals surface area contributed by atoms with Crippen molar-refractivity contribution in [2.75, 3.05) is 7.11 Å². The van der Waals surface area contributed by atoms with Crippen molar-refractivity contribution in [3.8, 4) is 0 Å². The molecule has 0 aliphatic heterocycles. The summed E-state index contributed by atoms with van der Waals surface area (Å²) in [5.74, 6) is -0.326. The molecule has 1 aromatic carbocycles. The molecule has 0 fully saturated rings. The number of methoxy groups -OCH3 is 1. The molecule has 0 bridgehead atoms. The van der Waals surface area contributed by atoms with Crippen molar-refractivity contribution in [3.05, 3.63) is 39.5 Å². The maximum absolute atomic E-state index is 11.6. The second-order valence-electron chi connectivity index (χ2n) is 4.76. The van der Waals surface area contributed by atoms with E-state index in [1.807, 2.05) is 26.8 Å². The molecule has 0 aromatic heterocycles. The first-order valence-electron chi connectivity index (χ1n) is 6.18. The lowest BCUT2D eigenvalue weighted by molar-refractivity contribution is -0.135. The normalized spacial score (nSPS) is 11.4. The van der Waals surface area contributed by atoms with E-state index in [1.165, 1.54) is 7.11 Å². The van der Waals surface area contributed by atoms with Crippen LogP contribution in [0.25, 0.3) is 6.08 Å². The van der Waals surface area contributed by atoms with Crippen LogP contribution in [0.1, 0.15) is 46.5 Å². The van der Waals surface area contributed by atoms with Crippen LogP contribution in [-0.2, 0) is 9.53 Å². The molecule has 3 nitrogen and oxygen atoms in total. The van der Waals surface area contributed by atoms with E-state index >= 15 is 0 Å². The molecule has 1 rings (SSSR count). The molecule has 0 unspecified atom stereocenters. The summed E-state index contributed by atoms with van der Waals surface area (Å²) in [4.78, 5) is 23.1. The lowest BCUT2D eigenvalue weighted by atomic mass is 9.91. The van der Waals surface area contributed by atoms with Crippen molar-refractivity contribution in [2.24, 2.45) is 0 Å². The van der Waals surface area contributed by atoms with Crippen LogP contribution in [0.3, 0.4) is 0 Å². The second-order valence-corrected chi connectivity index (χ2v) is 4.76. The fourth-order valence-electron chi connectivity index (χ4n) is 2.04. The van der Waals surface area contributed by atoms with Crippen LogP contribution < -0.4 is 0 Å². The molecule has 1 aromatic rings. The number of ketones is 1. The standard InChI is InChI=1S/C16H20O3/c1-9(16(18)19-6)7-14-8-15(13(5)17)12(4)10(2)11(14)3/h7-8H,1-6H3/b9-7+. The predicted octanol–water partition coefficient (Wildman–Crippen LogP) is 3.39. The van der Waals surface area contributed by atoms with Gasteiger partial charge in [0.2, 0.25) is 0 Å². The molecule has 0 amide bonds. The van der Waals surface area contributed by atoms with E-state index in [1.54, 1.807) is 19.9 Å². The molecule has 0 saturated carbocycles. The molecule has 0 aliphatic rings. The summed E-state index contributed by atoms with van der Waals surface area (Å²) in [6, 6.07) is 1.84. The van der Waals surface area contributed by atoms with Gasteiger partial charge >= 0.3 is 5.97 Å². The number of benzene rings is 1. The molecule has 0 aliphatic carbocycles. The van der Waals surface area contributed by atoms with Crippen molar-refractivity contribution in [1.82, 2.24) is 0 Å². The average molecular weight is 260 g/mol. The van der Waals surface area contributed by atoms with Crippen molar-refractivity contribution in [3.63, 3.8) is 0 Å². The van der Waals surface area contributed by atoms with Gasteiger partial charge in [-0.2, -0.15) is 0 Å². The summed E-state index contributed by atoms with van der Waals surface area (Å²) in [6.45, 7) is 9.18. The largest absolute Gasteiger partial charge is 0.466 e. The molecule has 3 heteroatoms. The molecule has 102 valence electrons. The predicted molar refractivity (Wildman–Crippen MR) is 76.3 cm³/mol. The first-order valence-corrected chi connectivity index (χ1v) is 6.18. The molecule has 0 N–H and O–H groups in total. The summed E-state index contributed by atoms with van der Waals surface area (Å²) >= 11 is 0. The SMILES string of the molecule is COC(=O)/C(C)=C/c1cc(C(C)=O)c(C)c(C)c1C. The molecular formula is C16H20O3. The highest BCUT2D eigenvalue weighted by molar-refractivity contribution is 5.98. The summed E-state index contributed by atoms with van der Waals surface area (Å²) < 4.78 is 4.68. The Kier molecular flexibility index (Phi) is 4.65. The number of esters is 1. The van der Waals surface area contributed by atoms with Crippen LogP contribution in [0, 0.1) is 20.8 Å². The van der Waals surface area contributed by atoms with E-state index in [-0.39, 0.29) is 11.8 Å². The van der Waals surface area contributed by atoms with Gasteiger partial charge in [-0.15, -0.1) is 0 Å². The number of hydrogen-bond acceptors (Lipinski definition) is 3. The zero-order chi connectivity index (χ0) is 14.7. The summed E-state index contributed by atoms with van der Waals surface area (Å²) in [6.07, 6.45) is 1.76. The minimum Gasteiger partial charge on any atom is -0.466 e. The molecule has 0 spiro atoms. The highest BCUT2D eigenvalue weighted by Crippen LogP contribution is 2.24. The third-order valence-corrected chi connectivity index (χ3v) is 3.52.